The third-order valence-corrected chi connectivity index (χ3v) is 4.22. The SMILES string of the molecule is O=C(NC1CC1)c1cnc(-c2noc3ccccc23)s1. The molecule has 0 unspecified atom stereocenters. The zero-order valence-corrected chi connectivity index (χ0v) is 11.3. The summed E-state index contributed by atoms with van der Waals surface area (Å²) in [5.74, 6) is -0.0518. The molecule has 0 atom stereocenters. The molecule has 3 aromatic rings. The van der Waals surface area contributed by atoms with E-state index in [-0.39, 0.29) is 5.91 Å². The fraction of sp³-hybridized carbons (Fsp3) is 0.214. The van der Waals surface area contributed by atoms with Crippen molar-refractivity contribution >= 4 is 28.2 Å². The van der Waals surface area contributed by atoms with Crippen LogP contribution in [0.2, 0.25) is 0 Å². The normalized spacial score (nSPS) is 14.6. The monoisotopic (exact) mass is 285 g/mol. The molecule has 1 saturated carbocycles. The van der Waals surface area contributed by atoms with E-state index in [0.717, 1.165) is 23.8 Å². The summed E-state index contributed by atoms with van der Waals surface area (Å²) in [4.78, 5) is 16.9. The molecule has 0 spiro atoms. The molecule has 1 amide bonds. The third-order valence-electron chi connectivity index (χ3n) is 3.22. The molecular formula is C14H11N3O2S. The number of benzene rings is 1. The average Bonchev–Trinajstić information content (AvgIpc) is 3.01. The van der Waals surface area contributed by atoms with Crippen LogP contribution in [0, 0.1) is 0 Å². The van der Waals surface area contributed by atoms with Gasteiger partial charge in [-0.05, 0) is 25.0 Å². The quantitative estimate of drug-likeness (QED) is 0.803. The smallest absolute Gasteiger partial charge is 0.263 e. The summed E-state index contributed by atoms with van der Waals surface area (Å²) in [6, 6.07) is 7.97. The van der Waals surface area contributed by atoms with Gasteiger partial charge in [-0.2, -0.15) is 0 Å². The molecule has 20 heavy (non-hydrogen) atoms. The Labute approximate surface area is 118 Å². The average molecular weight is 285 g/mol. The van der Waals surface area contributed by atoms with Gasteiger partial charge in [-0.1, -0.05) is 17.3 Å². The first-order valence-electron chi connectivity index (χ1n) is 6.43. The van der Waals surface area contributed by atoms with Crippen LogP contribution in [-0.4, -0.2) is 22.1 Å². The van der Waals surface area contributed by atoms with Gasteiger partial charge < -0.3 is 9.84 Å². The number of para-hydroxylation sites is 1. The van der Waals surface area contributed by atoms with Gasteiger partial charge >= 0.3 is 0 Å². The summed E-state index contributed by atoms with van der Waals surface area (Å²) in [6.07, 6.45) is 3.75. The van der Waals surface area contributed by atoms with E-state index in [0.29, 0.717) is 21.6 Å². The van der Waals surface area contributed by atoms with Gasteiger partial charge in [-0.25, -0.2) is 4.98 Å². The summed E-state index contributed by atoms with van der Waals surface area (Å²) in [7, 11) is 0. The molecule has 2 heterocycles. The minimum Gasteiger partial charge on any atom is -0.356 e. The Hall–Kier alpha value is -2.21. The summed E-state index contributed by atoms with van der Waals surface area (Å²) in [5.41, 5.74) is 1.41. The van der Waals surface area contributed by atoms with Crippen molar-refractivity contribution in [2.24, 2.45) is 0 Å². The Kier molecular flexibility index (Phi) is 2.56. The van der Waals surface area contributed by atoms with E-state index in [1.165, 1.54) is 11.3 Å². The minimum atomic E-state index is -0.0518. The molecule has 100 valence electrons. The molecule has 0 aliphatic heterocycles. The summed E-state index contributed by atoms with van der Waals surface area (Å²) >= 11 is 1.34. The highest BCUT2D eigenvalue weighted by Gasteiger charge is 2.25. The Morgan fingerprint density at radius 3 is 3.05 bits per heavy atom. The Balaban J connectivity index is 1.68. The molecule has 1 N–H and O–H groups in total. The lowest BCUT2D eigenvalue weighted by Crippen LogP contribution is -2.24. The number of thiazole rings is 1. The maximum atomic E-state index is 12.0. The number of amides is 1. The van der Waals surface area contributed by atoms with Gasteiger partial charge in [-0.15, -0.1) is 11.3 Å². The second kappa shape index (κ2) is 4.42. The fourth-order valence-corrected chi connectivity index (χ4v) is 2.83. The van der Waals surface area contributed by atoms with Crippen molar-refractivity contribution in [2.45, 2.75) is 18.9 Å². The molecule has 2 aromatic heterocycles. The molecule has 6 heteroatoms. The van der Waals surface area contributed by atoms with Crippen LogP contribution in [0.15, 0.2) is 35.0 Å². The van der Waals surface area contributed by atoms with Crippen LogP contribution >= 0.6 is 11.3 Å². The van der Waals surface area contributed by atoms with Gasteiger partial charge in [0.15, 0.2) is 5.58 Å². The number of aromatic nitrogens is 2. The van der Waals surface area contributed by atoms with Gasteiger partial charge in [0.05, 0.1) is 11.6 Å². The summed E-state index contributed by atoms with van der Waals surface area (Å²) < 4.78 is 5.26. The number of hydrogen-bond donors (Lipinski definition) is 1. The van der Waals surface area contributed by atoms with Gasteiger partial charge in [0.25, 0.3) is 5.91 Å². The third kappa shape index (κ3) is 1.98. The van der Waals surface area contributed by atoms with E-state index >= 15 is 0 Å². The van der Waals surface area contributed by atoms with E-state index < -0.39 is 0 Å². The van der Waals surface area contributed by atoms with Crippen molar-refractivity contribution in [2.75, 3.05) is 0 Å². The van der Waals surface area contributed by atoms with Crippen LogP contribution in [0.3, 0.4) is 0 Å². The molecule has 5 nitrogen and oxygen atoms in total. The lowest BCUT2D eigenvalue weighted by atomic mass is 10.2. The second-order valence-corrected chi connectivity index (χ2v) is 5.84. The first-order chi connectivity index (χ1) is 9.81. The fourth-order valence-electron chi connectivity index (χ4n) is 2.01. The Morgan fingerprint density at radius 1 is 1.35 bits per heavy atom. The molecule has 1 aromatic carbocycles. The highest BCUT2D eigenvalue weighted by Crippen LogP contribution is 2.31. The number of carbonyl (C=O) groups is 1. The molecule has 0 bridgehead atoms. The topological polar surface area (TPSA) is 68.0 Å². The van der Waals surface area contributed by atoms with Crippen LogP contribution < -0.4 is 5.32 Å². The van der Waals surface area contributed by atoms with Crippen LogP contribution in [0.1, 0.15) is 22.5 Å². The zero-order valence-electron chi connectivity index (χ0n) is 10.5. The standard InChI is InChI=1S/C14H11N3O2S/c18-13(16-8-5-6-8)11-7-15-14(20-11)12-9-3-1-2-4-10(9)19-17-12/h1-4,7-8H,5-6H2,(H,16,18). The van der Waals surface area contributed by atoms with Crippen molar-refractivity contribution in [3.8, 4) is 10.7 Å². The van der Waals surface area contributed by atoms with E-state index in [2.05, 4.69) is 15.5 Å². The Morgan fingerprint density at radius 2 is 2.20 bits per heavy atom. The van der Waals surface area contributed by atoms with E-state index in [1.807, 2.05) is 24.3 Å². The van der Waals surface area contributed by atoms with Crippen molar-refractivity contribution < 1.29 is 9.32 Å². The number of nitrogens with one attached hydrogen (secondary N) is 1. The number of nitrogens with zero attached hydrogens (tertiary/aromatic N) is 2. The molecule has 0 radical (unpaired) electrons. The molecule has 1 fully saturated rings. The molecule has 1 aliphatic rings. The maximum Gasteiger partial charge on any atom is 0.263 e. The van der Waals surface area contributed by atoms with E-state index in [1.54, 1.807) is 6.20 Å². The lowest BCUT2D eigenvalue weighted by molar-refractivity contribution is 0.0955. The highest BCUT2D eigenvalue weighted by molar-refractivity contribution is 7.17. The predicted octanol–water partition coefficient (Wildman–Crippen LogP) is 2.84. The minimum absolute atomic E-state index is 0.0518. The summed E-state index contributed by atoms with van der Waals surface area (Å²) in [6.45, 7) is 0. The number of hydrogen-bond acceptors (Lipinski definition) is 5. The van der Waals surface area contributed by atoms with Gasteiger partial charge in [-0.3, -0.25) is 4.79 Å². The van der Waals surface area contributed by atoms with Crippen molar-refractivity contribution in [3.05, 3.63) is 35.3 Å². The predicted molar refractivity (Wildman–Crippen MR) is 75.6 cm³/mol. The molecular weight excluding hydrogens is 274 g/mol. The van der Waals surface area contributed by atoms with Gasteiger partial charge in [0.1, 0.15) is 15.6 Å². The van der Waals surface area contributed by atoms with Crippen molar-refractivity contribution in [1.29, 1.82) is 0 Å². The number of rotatable bonds is 3. The van der Waals surface area contributed by atoms with Crippen LogP contribution in [0.5, 0.6) is 0 Å². The largest absolute Gasteiger partial charge is 0.356 e. The van der Waals surface area contributed by atoms with Crippen molar-refractivity contribution in [1.82, 2.24) is 15.5 Å². The zero-order chi connectivity index (χ0) is 13.5. The van der Waals surface area contributed by atoms with Crippen molar-refractivity contribution in [3.63, 3.8) is 0 Å². The summed E-state index contributed by atoms with van der Waals surface area (Å²) in [5, 5.41) is 8.62. The number of fused-ring (bicyclic) bond motifs is 1. The first kappa shape index (κ1) is 11.6. The second-order valence-electron chi connectivity index (χ2n) is 4.80. The molecule has 4 rings (SSSR count). The van der Waals surface area contributed by atoms with E-state index in [9.17, 15) is 4.79 Å². The van der Waals surface area contributed by atoms with Crippen LogP contribution in [-0.2, 0) is 0 Å². The van der Waals surface area contributed by atoms with Gasteiger partial charge in [0, 0.05) is 6.04 Å². The first-order valence-corrected chi connectivity index (χ1v) is 7.24. The molecule has 1 aliphatic carbocycles. The lowest BCUT2D eigenvalue weighted by Gasteiger charge is -1.97. The Bertz CT molecular complexity index is 788. The van der Waals surface area contributed by atoms with Crippen LogP contribution in [0.4, 0.5) is 0 Å². The van der Waals surface area contributed by atoms with Gasteiger partial charge in [0.2, 0.25) is 0 Å². The highest BCUT2D eigenvalue weighted by atomic mass is 32.1. The van der Waals surface area contributed by atoms with Crippen LogP contribution in [0.25, 0.3) is 21.7 Å². The number of carbonyl (C=O) groups excluding carboxylic acids is 1. The van der Waals surface area contributed by atoms with E-state index in [4.69, 9.17) is 4.52 Å². The molecule has 0 saturated heterocycles. The maximum absolute atomic E-state index is 12.0.